The van der Waals surface area contributed by atoms with Gasteiger partial charge in [0.1, 0.15) is 18.3 Å². The molecule has 0 aliphatic carbocycles. The Bertz CT molecular complexity index is 995. The molecule has 0 amide bonds. The Morgan fingerprint density at radius 3 is 1.46 bits per heavy atom. The van der Waals surface area contributed by atoms with Crippen LogP contribution < -0.4 is 9.47 Å². The van der Waals surface area contributed by atoms with Crippen LogP contribution in [-0.2, 0) is 9.59 Å². The smallest absolute Gasteiger partial charge is 0.163 e. The van der Waals surface area contributed by atoms with E-state index in [0.29, 0.717) is 22.6 Å². The van der Waals surface area contributed by atoms with E-state index >= 15 is 0 Å². The molecule has 0 aliphatic heterocycles. The number of carbonyl (C=O) groups is 2. The monoisotopic (exact) mass is 520 g/mol. The molecule has 0 aromatic heterocycles. The average Bonchev–Trinajstić information content (AvgIpc) is 2.91. The third kappa shape index (κ3) is 10.8. The van der Waals surface area contributed by atoms with E-state index in [1.165, 1.54) is 38.5 Å². The second kappa shape index (κ2) is 16.1. The molecule has 0 fully saturated rings. The van der Waals surface area contributed by atoms with Crippen LogP contribution in [0.2, 0.25) is 0 Å². The molecule has 2 aromatic rings. The molecule has 3 atom stereocenters. The number of aliphatic hydroxyl groups is 5. The van der Waals surface area contributed by atoms with Gasteiger partial charge in [-0.25, -0.2) is 0 Å². The molecule has 0 aliphatic rings. The molecule has 2 rings (SSSR count). The molecule has 0 unspecified atom stereocenters. The molecule has 202 valence electrons. The van der Waals surface area contributed by atoms with Gasteiger partial charge in [0.15, 0.2) is 34.6 Å². The highest BCUT2D eigenvalue weighted by molar-refractivity contribution is 6.10. The normalized spacial score (nSPS) is 13.5. The maximum atomic E-state index is 11.9. The van der Waals surface area contributed by atoms with E-state index in [2.05, 4.69) is 0 Å². The lowest BCUT2D eigenvalue weighted by molar-refractivity contribution is -0.121. The van der Waals surface area contributed by atoms with E-state index in [1.54, 1.807) is 36.4 Å². The quantitative estimate of drug-likeness (QED) is 0.151. The molecule has 0 saturated carbocycles. The molecule has 0 saturated heterocycles. The molecule has 0 radical (unpaired) electrons. The first-order chi connectivity index (χ1) is 17.6. The number of hydrogen-bond donors (Lipinski definition) is 7. The topological polar surface area (TPSA) is 194 Å². The van der Waals surface area contributed by atoms with Crippen molar-refractivity contribution in [1.29, 1.82) is 0 Å². The van der Waals surface area contributed by atoms with Gasteiger partial charge in [0, 0.05) is 0 Å². The van der Waals surface area contributed by atoms with Crippen LogP contribution >= 0.6 is 0 Å². The molecular weight excluding hydrogens is 488 g/mol. The van der Waals surface area contributed by atoms with Crippen LogP contribution in [0.1, 0.15) is 17.5 Å². The third-order valence-corrected chi connectivity index (χ3v) is 4.84. The molecule has 11 heteroatoms. The fourth-order valence-corrected chi connectivity index (χ4v) is 2.74. The van der Waals surface area contributed by atoms with Crippen LogP contribution in [-0.4, -0.2) is 93.1 Å². The number of rotatable bonds is 12. The van der Waals surface area contributed by atoms with E-state index in [4.69, 9.17) is 35.0 Å². The first-order valence-corrected chi connectivity index (χ1v) is 11.0. The Morgan fingerprint density at radius 1 is 0.757 bits per heavy atom. The molecule has 0 bridgehead atoms. The maximum absolute atomic E-state index is 11.9. The highest BCUT2D eigenvalue weighted by Crippen LogP contribution is 2.27. The van der Waals surface area contributed by atoms with Crippen molar-refractivity contribution < 1.29 is 54.8 Å². The Balaban J connectivity index is 0.000000580. The predicted molar refractivity (Wildman–Crippen MR) is 134 cm³/mol. The summed E-state index contributed by atoms with van der Waals surface area (Å²) in [5.74, 6) is -0.0832. The lowest BCUT2D eigenvalue weighted by atomic mass is 10.1. The highest BCUT2D eigenvalue weighted by atomic mass is 16.5. The van der Waals surface area contributed by atoms with Crippen LogP contribution in [0.25, 0.3) is 12.2 Å². The van der Waals surface area contributed by atoms with Crippen molar-refractivity contribution >= 4 is 23.7 Å². The number of phenolic OH excluding ortho intramolecular Hbond substituents is 2. The molecule has 37 heavy (non-hydrogen) atoms. The van der Waals surface area contributed by atoms with Crippen molar-refractivity contribution in [3.8, 4) is 23.0 Å². The summed E-state index contributed by atoms with van der Waals surface area (Å²) in [4.78, 5) is 23.9. The molecule has 0 heterocycles. The van der Waals surface area contributed by atoms with Gasteiger partial charge in [-0.1, -0.05) is 24.3 Å². The summed E-state index contributed by atoms with van der Waals surface area (Å²) < 4.78 is 10.00. The number of ether oxygens (including phenoxy) is 2. The van der Waals surface area contributed by atoms with E-state index in [0.717, 1.165) is 0 Å². The summed E-state index contributed by atoms with van der Waals surface area (Å²) >= 11 is 0. The van der Waals surface area contributed by atoms with Crippen LogP contribution in [0.5, 0.6) is 23.0 Å². The third-order valence-electron chi connectivity index (χ3n) is 4.84. The van der Waals surface area contributed by atoms with Crippen molar-refractivity contribution in [3.05, 3.63) is 59.7 Å². The second-order valence-corrected chi connectivity index (χ2v) is 7.63. The standard InChI is InChI=1S/C21H20O6.C5H12O5/c1-26-20-11-14(5-9-18(20)24)3-7-16(22)13-17(23)8-4-15-6-10-19(25)21(12-15)27-2;6-1-3(8)5(10)4(9)2-7/h3-12,24-25H,13H2,1-2H3;3-10H,1-2H2/b7-3+,8-4+;/t;3-,4+,5+. The Morgan fingerprint density at radius 2 is 1.14 bits per heavy atom. The first-order valence-electron chi connectivity index (χ1n) is 11.0. The number of benzene rings is 2. The van der Waals surface area contributed by atoms with E-state index in [9.17, 15) is 19.8 Å². The number of allylic oxidation sites excluding steroid dienone is 2. The lowest BCUT2D eigenvalue weighted by Crippen LogP contribution is -2.41. The highest BCUT2D eigenvalue weighted by Gasteiger charge is 2.22. The van der Waals surface area contributed by atoms with Crippen LogP contribution in [0.15, 0.2) is 48.6 Å². The Labute approximate surface area is 213 Å². The van der Waals surface area contributed by atoms with Gasteiger partial charge >= 0.3 is 0 Å². The fourth-order valence-electron chi connectivity index (χ4n) is 2.74. The van der Waals surface area contributed by atoms with Gasteiger partial charge in [-0.05, 0) is 47.5 Å². The minimum absolute atomic E-state index is 0.00662. The molecular formula is C26H32O11. The number of aliphatic hydroxyl groups excluding tert-OH is 5. The van der Waals surface area contributed by atoms with E-state index in [-0.39, 0.29) is 29.5 Å². The van der Waals surface area contributed by atoms with Crippen molar-refractivity contribution in [1.82, 2.24) is 0 Å². The summed E-state index contributed by atoms with van der Waals surface area (Å²) in [6, 6.07) is 9.34. The zero-order chi connectivity index (χ0) is 28.0. The summed E-state index contributed by atoms with van der Waals surface area (Å²) in [6.07, 6.45) is 1.15. The largest absolute Gasteiger partial charge is 0.504 e. The second-order valence-electron chi connectivity index (χ2n) is 7.63. The minimum atomic E-state index is -1.49. The number of hydrogen-bond acceptors (Lipinski definition) is 11. The van der Waals surface area contributed by atoms with Crippen LogP contribution in [0.3, 0.4) is 0 Å². The fraction of sp³-hybridized carbons (Fsp3) is 0.308. The summed E-state index contributed by atoms with van der Waals surface area (Å²) in [5, 5.41) is 61.7. The summed E-state index contributed by atoms with van der Waals surface area (Å²) in [5.41, 5.74) is 1.33. The van der Waals surface area contributed by atoms with Crippen molar-refractivity contribution in [2.75, 3.05) is 27.4 Å². The van der Waals surface area contributed by atoms with E-state index in [1.807, 2.05) is 0 Å². The van der Waals surface area contributed by atoms with Gasteiger partial charge in [-0.3, -0.25) is 9.59 Å². The van der Waals surface area contributed by atoms with Gasteiger partial charge in [0.2, 0.25) is 0 Å². The van der Waals surface area contributed by atoms with Gasteiger partial charge in [0.25, 0.3) is 0 Å². The number of methoxy groups -OCH3 is 2. The molecule has 0 spiro atoms. The first kappa shape index (κ1) is 31.3. The minimum Gasteiger partial charge on any atom is -0.504 e. The Hall–Kier alpha value is -3.74. The summed E-state index contributed by atoms with van der Waals surface area (Å²) in [6.45, 7) is -1.28. The summed E-state index contributed by atoms with van der Waals surface area (Å²) in [7, 11) is 2.87. The zero-order valence-corrected chi connectivity index (χ0v) is 20.4. The van der Waals surface area contributed by atoms with Crippen molar-refractivity contribution in [3.63, 3.8) is 0 Å². The predicted octanol–water partition coefficient (Wildman–Crippen LogP) is 0.424. The SMILES string of the molecule is COc1cc(/C=C/C(=O)CC(=O)/C=C/c2ccc(O)c(OC)c2)ccc1O.OC[C@@H](O)[C@H](O)[C@@H](O)CO. The van der Waals surface area contributed by atoms with Gasteiger partial charge in [0.05, 0.1) is 33.9 Å². The average molecular weight is 521 g/mol. The number of aromatic hydroxyl groups is 2. The zero-order valence-electron chi connectivity index (χ0n) is 20.4. The van der Waals surface area contributed by atoms with Crippen molar-refractivity contribution in [2.24, 2.45) is 0 Å². The van der Waals surface area contributed by atoms with Gasteiger partial charge in [-0.2, -0.15) is 0 Å². The van der Waals surface area contributed by atoms with Gasteiger partial charge < -0.3 is 45.2 Å². The molecule has 7 N–H and O–H groups in total. The maximum Gasteiger partial charge on any atom is 0.163 e. The number of phenols is 2. The van der Waals surface area contributed by atoms with Crippen molar-refractivity contribution in [2.45, 2.75) is 24.7 Å². The van der Waals surface area contributed by atoms with E-state index < -0.39 is 31.5 Å². The lowest BCUT2D eigenvalue weighted by Gasteiger charge is -2.19. The molecule has 11 nitrogen and oxygen atoms in total. The molecule has 2 aromatic carbocycles. The van der Waals surface area contributed by atoms with Gasteiger partial charge in [-0.15, -0.1) is 0 Å². The van der Waals surface area contributed by atoms with Crippen LogP contribution in [0.4, 0.5) is 0 Å². The van der Waals surface area contributed by atoms with Crippen LogP contribution in [0, 0.1) is 0 Å². The number of ketones is 2. The Kier molecular flexibility index (Phi) is 13.6. The number of carbonyl (C=O) groups excluding carboxylic acids is 2.